The molecule has 0 N–H and O–H groups in total. The van der Waals surface area contributed by atoms with Gasteiger partial charge in [0, 0.05) is 24.5 Å². The van der Waals surface area contributed by atoms with Crippen molar-refractivity contribution in [2.45, 2.75) is 45.9 Å². The Labute approximate surface area is 181 Å². The van der Waals surface area contributed by atoms with Gasteiger partial charge in [-0.05, 0) is 39.3 Å². The van der Waals surface area contributed by atoms with Crippen LogP contribution in [-0.2, 0) is 23.1 Å². The molecule has 162 valence electrons. The second-order valence-corrected chi connectivity index (χ2v) is 8.45. The number of carbonyl (C=O) groups excluding carboxylic acids is 2. The molecule has 1 heterocycles. The maximum atomic E-state index is 13.2. The lowest BCUT2D eigenvalue weighted by Crippen LogP contribution is -2.49. The average molecular weight is 421 g/mol. The molecular formula is C24H27N3O4. The molecule has 2 aromatic carbocycles. The molecule has 0 radical (unpaired) electrons. The van der Waals surface area contributed by atoms with Crippen molar-refractivity contribution in [3.8, 4) is 0 Å². The van der Waals surface area contributed by atoms with Gasteiger partial charge < -0.3 is 9.64 Å². The number of rotatable bonds is 5. The molecule has 3 aromatic rings. The second-order valence-electron chi connectivity index (χ2n) is 8.45. The molecule has 0 aliphatic heterocycles. The summed E-state index contributed by atoms with van der Waals surface area (Å²) in [6, 6.07) is 16.4. The van der Waals surface area contributed by atoms with Crippen molar-refractivity contribution < 1.29 is 14.3 Å². The fourth-order valence-electron chi connectivity index (χ4n) is 3.35. The van der Waals surface area contributed by atoms with Crippen LogP contribution in [-0.4, -0.2) is 38.2 Å². The first kappa shape index (κ1) is 22.2. The lowest BCUT2D eigenvalue weighted by atomic mass is 10.0. The van der Waals surface area contributed by atoms with Gasteiger partial charge in [-0.15, -0.1) is 0 Å². The quantitative estimate of drug-likeness (QED) is 0.591. The average Bonchev–Trinajstić information content (AvgIpc) is 2.74. The Hall–Kier alpha value is -3.48. The largest absolute Gasteiger partial charge is 0.448 e. The van der Waals surface area contributed by atoms with Crippen LogP contribution in [0.5, 0.6) is 0 Å². The first-order valence-corrected chi connectivity index (χ1v) is 10.1. The highest BCUT2D eigenvalue weighted by Crippen LogP contribution is 2.21. The van der Waals surface area contributed by atoms with E-state index in [4.69, 9.17) is 4.74 Å². The van der Waals surface area contributed by atoms with E-state index >= 15 is 0 Å². The minimum atomic E-state index is -1.02. The number of carbonyl (C=O) groups is 2. The molecule has 0 aliphatic carbocycles. The Morgan fingerprint density at radius 1 is 1.03 bits per heavy atom. The zero-order valence-electron chi connectivity index (χ0n) is 18.5. The van der Waals surface area contributed by atoms with Gasteiger partial charge in [0.1, 0.15) is 0 Å². The van der Waals surface area contributed by atoms with Crippen LogP contribution >= 0.6 is 0 Å². The van der Waals surface area contributed by atoms with Crippen LogP contribution in [0.3, 0.4) is 0 Å². The van der Waals surface area contributed by atoms with Crippen molar-refractivity contribution in [3.63, 3.8) is 0 Å². The monoisotopic (exact) mass is 421 g/mol. The molecule has 0 fully saturated rings. The molecule has 1 atom stereocenters. The third kappa shape index (κ3) is 4.82. The number of amides is 1. The molecule has 1 aromatic heterocycles. The van der Waals surface area contributed by atoms with Crippen molar-refractivity contribution >= 4 is 22.6 Å². The topological polar surface area (TPSA) is 81.5 Å². The molecule has 0 saturated heterocycles. The molecule has 0 aliphatic rings. The number of hydrogen-bond donors (Lipinski definition) is 0. The first-order chi connectivity index (χ1) is 14.6. The van der Waals surface area contributed by atoms with E-state index in [1.54, 1.807) is 36.1 Å². The third-order valence-electron chi connectivity index (χ3n) is 5.04. The van der Waals surface area contributed by atoms with Gasteiger partial charge in [-0.1, -0.05) is 48.5 Å². The number of hydrogen-bond acceptors (Lipinski definition) is 5. The van der Waals surface area contributed by atoms with E-state index in [2.05, 4.69) is 5.10 Å². The number of ether oxygens (including phenoxy) is 1. The highest BCUT2D eigenvalue weighted by atomic mass is 16.5. The fourth-order valence-corrected chi connectivity index (χ4v) is 3.35. The molecule has 1 amide bonds. The third-order valence-corrected chi connectivity index (χ3v) is 5.04. The van der Waals surface area contributed by atoms with Crippen LogP contribution in [0.1, 0.15) is 43.7 Å². The molecular weight excluding hydrogens is 394 g/mol. The maximum Gasteiger partial charge on any atom is 0.360 e. The van der Waals surface area contributed by atoms with Crippen LogP contribution in [0.2, 0.25) is 0 Å². The summed E-state index contributed by atoms with van der Waals surface area (Å²) in [5.41, 5.74) is 0.200. The van der Waals surface area contributed by atoms with E-state index < -0.39 is 17.6 Å². The zero-order chi connectivity index (χ0) is 22.8. The van der Waals surface area contributed by atoms with Gasteiger partial charge in [0.15, 0.2) is 11.8 Å². The highest BCUT2D eigenvalue weighted by molar-refractivity contribution is 6.02. The standard InChI is InChI=1S/C24H27N3O4/c1-16(21(28)27(24(2,3)4)15-17-11-7-6-8-12-17)31-23(30)20-18-13-9-10-14-19(18)22(29)26(5)25-20/h6-14,16H,15H2,1-5H3/t16-/m1/s1. The number of benzene rings is 2. The molecule has 31 heavy (non-hydrogen) atoms. The number of fused-ring (bicyclic) bond motifs is 1. The van der Waals surface area contributed by atoms with Crippen molar-refractivity contribution in [2.75, 3.05) is 0 Å². The summed E-state index contributed by atoms with van der Waals surface area (Å²) < 4.78 is 6.61. The van der Waals surface area contributed by atoms with E-state index in [0.29, 0.717) is 17.3 Å². The Kier molecular flexibility index (Phi) is 6.24. The minimum absolute atomic E-state index is 0.00252. The summed E-state index contributed by atoms with van der Waals surface area (Å²) in [5.74, 6) is -1.06. The number of esters is 1. The summed E-state index contributed by atoms with van der Waals surface area (Å²) in [7, 11) is 1.47. The van der Waals surface area contributed by atoms with Gasteiger partial charge >= 0.3 is 5.97 Å². The van der Waals surface area contributed by atoms with E-state index in [-0.39, 0.29) is 17.2 Å². The normalized spacial score (nSPS) is 12.4. The van der Waals surface area contributed by atoms with Gasteiger partial charge in [0.2, 0.25) is 0 Å². The summed E-state index contributed by atoms with van der Waals surface area (Å²) in [4.78, 5) is 40.1. The molecule has 0 unspecified atom stereocenters. The number of nitrogens with zero attached hydrogens (tertiary/aromatic N) is 3. The van der Waals surface area contributed by atoms with Crippen LogP contribution in [0.25, 0.3) is 10.8 Å². The van der Waals surface area contributed by atoms with Crippen LogP contribution in [0, 0.1) is 0 Å². The predicted molar refractivity (Wildman–Crippen MR) is 119 cm³/mol. The minimum Gasteiger partial charge on any atom is -0.448 e. The van der Waals surface area contributed by atoms with E-state index in [1.807, 2.05) is 51.1 Å². The summed E-state index contributed by atoms with van der Waals surface area (Å²) in [6.45, 7) is 7.75. The summed E-state index contributed by atoms with van der Waals surface area (Å²) in [6.07, 6.45) is -1.02. The zero-order valence-corrected chi connectivity index (χ0v) is 18.5. The highest BCUT2D eigenvalue weighted by Gasteiger charge is 2.32. The first-order valence-electron chi connectivity index (χ1n) is 10.1. The molecule has 7 nitrogen and oxygen atoms in total. The number of aryl methyl sites for hydroxylation is 1. The summed E-state index contributed by atoms with van der Waals surface area (Å²) >= 11 is 0. The summed E-state index contributed by atoms with van der Waals surface area (Å²) in [5, 5.41) is 4.84. The van der Waals surface area contributed by atoms with E-state index in [1.165, 1.54) is 7.05 Å². The second kappa shape index (κ2) is 8.71. The van der Waals surface area contributed by atoms with Crippen molar-refractivity contribution in [1.82, 2.24) is 14.7 Å². The smallest absolute Gasteiger partial charge is 0.360 e. The van der Waals surface area contributed by atoms with Crippen LogP contribution in [0.15, 0.2) is 59.4 Å². The lowest BCUT2D eigenvalue weighted by Gasteiger charge is -2.37. The molecule has 0 saturated carbocycles. The van der Waals surface area contributed by atoms with Gasteiger partial charge in [-0.3, -0.25) is 9.59 Å². The van der Waals surface area contributed by atoms with Gasteiger partial charge in [-0.25, -0.2) is 9.48 Å². The predicted octanol–water partition coefficient (Wildman–Crippen LogP) is 3.31. The fraction of sp³-hybridized carbons (Fsp3) is 0.333. The lowest BCUT2D eigenvalue weighted by molar-refractivity contribution is -0.145. The molecule has 7 heteroatoms. The maximum absolute atomic E-state index is 13.2. The van der Waals surface area contributed by atoms with E-state index in [9.17, 15) is 14.4 Å². The Bertz CT molecular complexity index is 1160. The van der Waals surface area contributed by atoms with Crippen molar-refractivity contribution in [3.05, 3.63) is 76.2 Å². The molecule has 0 spiro atoms. The van der Waals surface area contributed by atoms with Crippen molar-refractivity contribution in [1.29, 1.82) is 0 Å². The molecule has 0 bridgehead atoms. The van der Waals surface area contributed by atoms with Crippen LogP contribution < -0.4 is 5.56 Å². The van der Waals surface area contributed by atoms with Crippen LogP contribution in [0.4, 0.5) is 0 Å². The van der Waals surface area contributed by atoms with Crippen molar-refractivity contribution in [2.24, 2.45) is 7.05 Å². The van der Waals surface area contributed by atoms with Gasteiger partial charge in [-0.2, -0.15) is 5.10 Å². The molecule has 3 rings (SSSR count). The van der Waals surface area contributed by atoms with Gasteiger partial charge in [0.25, 0.3) is 11.5 Å². The Morgan fingerprint density at radius 2 is 1.61 bits per heavy atom. The SMILES string of the molecule is C[C@@H](OC(=O)c1nn(C)c(=O)c2ccccc12)C(=O)N(Cc1ccccc1)C(C)(C)C. The Balaban J connectivity index is 1.86. The number of aromatic nitrogens is 2. The Morgan fingerprint density at radius 3 is 2.23 bits per heavy atom. The van der Waals surface area contributed by atoms with Gasteiger partial charge in [0.05, 0.1) is 5.39 Å². The van der Waals surface area contributed by atoms with E-state index in [0.717, 1.165) is 10.2 Å².